The van der Waals surface area contributed by atoms with Crippen molar-refractivity contribution < 1.29 is 19.1 Å². The standard InChI is InChI=1S/C27H20N2O4/c1-16-10-11-17-6-3-5-9-20(17)23(16)15-33-24-13-12-18-7-2-4-8-19(18)21(24)14-22-25(30)28-27(32)29-26(22)31/h2-14H,15H2,1H3,(H2,28,29,30,31,32). The molecule has 6 heteroatoms. The molecule has 4 amide bonds. The van der Waals surface area contributed by atoms with Crippen molar-refractivity contribution in [3.63, 3.8) is 0 Å². The highest BCUT2D eigenvalue weighted by molar-refractivity contribution is 6.31. The fourth-order valence-corrected chi connectivity index (χ4v) is 4.09. The molecule has 0 radical (unpaired) electrons. The van der Waals surface area contributed by atoms with Gasteiger partial charge in [0.15, 0.2) is 0 Å². The lowest BCUT2D eigenvalue weighted by atomic mass is 9.99. The first-order chi connectivity index (χ1) is 16.0. The quantitative estimate of drug-likeness (QED) is 0.361. The Kier molecular flexibility index (Phi) is 5.11. The van der Waals surface area contributed by atoms with Gasteiger partial charge in [-0.1, -0.05) is 66.7 Å². The van der Waals surface area contributed by atoms with Crippen LogP contribution in [0.4, 0.5) is 4.79 Å². The van der Waals surface area contributed by atoms with E-state index in [-0.39, 0.29) is 5.57 Å². The molecule has 0 aromatic heterocycles. The number of barbiturate groups is 1. The summed E-state index contributed by atoms with van der Waals surface area (Å²) in [5.74, 6) is -0.953. The number of carbonyl (C=O) groups is 3. The molecule has 5 rings (SSSR count). The molecule has 0 atom stereocenters. The third-order valence-electron chi connectivity index (χ3n) is 5.81. The van der Waals surface area contributed by atoms with Crippen LogP contribution in [0, 0.1) is 6.92 Å². The minimum Gasteiger partial charge on any atom is -0.488 e. The second-order valence-electron chi connectivity index (χ2n) is 7.86. The summed E-state index contributed by atoms with van der Waals surface area (Å²) in [6.45, 7) is 2.36. The van der Waals surface area contributed by atoms with Crippen LogP contribution in [0.1, 0.15) is 16.7 Å². The molecule has 0 bridgehead atoms. The van der Waals surface area contributed by atoms with Gasteiger partial charge in [-0.05, 0) is 46.2 Å². The van der Waals surface area contributed by atoms with Crippen molar-refractivity contribution in [3.05, 3.63) is 95.1 Å². The molecule has 162 valence electrons. The number of amides is 4. The van der Waals surface area contributed by atoms with E-state index in [0.717, 1.165) is 32.7 Å². The number of aryl methyl sites for hydroxylation is 1. The summed E-state index contributed by atoms with van der Waals surface area (Å²) in [7, 11) is 0. The molecule has 1 aliphatic heterocycles. The van der Waals surface area contributed by atoms with Gasteiger partial charge >= 0.3 is 6.03 Å². The number of hydrogen-bond acceptors (Lipinski definition) is 4. The summed E-state index contributed by atoms with van der Waals surface area (Å²) >= 11 is 0. The number of ether oxygens (including phenoxy) is 1. The molecule has 0 unspecified atom stereocenters. The molecule has 2 N–H and O–H groups in total. The van der Waals surface area contributed by atoms with Crippen LogP contribution in [0.5, 0.6) is 5.75 Å². The van der Waals surface area contributed by atoms with Gasteiger partial charge < -0.3 is 4.74 Å². The Labute approximate surface area is 189 Å². The Morgan fingerprint density at radius 3 is 2.09 bits per heavy atom. The number of rotatable bonds is 4. The average molecular weight is 436 g/mol. The van der Waals surface area contributed by atoms with Crippen molar-refractivity contribution in [2.75, 3.05) is 0 Å². The number of carbonyl (C=O) groups excluding carboxylic acids is 3. The minimum absolute atomic E-state index is 0.155. The molecule has 4 aromatic rings. The summed E-state index contributed by atoms with van der Waals surface area (Å²) in [5.41, 5.74) is 2.62. The fraction of sp³-hybridized carbons (Fsp3) is 0.0741. The van der Waals surface area contributed by atoms with Crippen molar-refractivity contribution in [1.29, 1.82) is 0 Å². The zero-order chi connectivity index (χ0) is 22.9. The summed E-state index contributed by atoms with van der Waals surface area (Å²) in [4.78, 5) is 36.1. The van der Waals surface area contributed by atoms with Crippen LogP contribution < -0.4 is 15.4 Å². The van der Waals surface area contributed by atoms with E-state index in [0.29, 0.717) is 17.9 Å². The Morgan fingerprint density at radius 1 is 0.758 bits per heavy atom. The van der Waals surface area contributed by atoms with Gasteiger partial charge in [-0.25, -0.2) is 4.79 Å². The molecule has 0 spiro atoms. The van der Waals surface area contributed by atoms with Gasteiger partial charge in [0.05, 0.1) is 0 Å². The van der Waals surface area contributed by atoms with Gasteiger partial charge in [0.2, 0.25) is 0 Å². The predicted octanol–water partition coefficient (Wildman–Crippen LogP) is 4.63. The topological polar surface area (TPSA) is 84.5 Å². The maximum atomic E-state index is 12.3. The van der Waals surface area contributed by atoms with Crippen LogP contribution >= 0.6 is 0 Å². The van der Waals surface area contributed by atoms with E-state index in [2.05, 4.69) is 34.9 Å². The number of fused-ring (bicyclic) bond motifs is 2. The van der Waals surface area contributed by atoms with Gasteiger partial charge in [-0.3, -0.25) is 20.2 Å². The Morgan fingerprint density at radius 2 is 1.36 bits per heavy atom. The smallest absolute Gasteiger partial charge is 0.328 e. The molecule has 1 heterocycles. The lowest BCUT2D eigenvalue weighted by molar-refractivity contribution is -0.123. The van der Waals surface area contributed by atoms with Crippen LogP contribution in [-0.2, 0) is 16.2 Å². The number of benzene rings is 4. The van der Waals surface area contributed by atoms with Crippen molar-refractivity contribution in [2.24, 2.45) is 0 Å². The van der Waals surface area contributed by atoms with Crippen molar-refractivity contribution in [3.8, 4) is 5.75 Å². The average Bonchev–Trinajstić information content (AvgIpc) is 2.81. The maximum Gasteiger partial charge on any atom is 0.328 e. The Balaban J connectivity index is 1.60. The molecule has 1 saturated heterocycles. The summed E-state index contributed by atoms with van der Waals surface area (Å²) in [6, 6.07) is 22.9. The van der Waals surface area contributed by atoms with Crippen LogP contribution in [-0.4, -0.2) is 17.8 Å². The van der Waals surface area contributed by atoms with E-state index in [1.165, 1.54) is 6.08 Å². The first-order valence-electron chi connectivity index (χ1n) is 10.5. The zero-order valence-corrected chi connectivity index (χ0v) is 17.8. The van der Waals surface area contributed by atoms with E-state index < -0.39 is 17.8 Å². The number of urea groups is 1. The van der Waals surface area contributed by atoms with E-state index in [1.54, 1.807) is 0 Å². The van der Waals surface area contributed by atoms with Gasteiger partial charge in [-0.2, -0.15) is 0 Å². The van der Waals surface area contributed by atoms with Crippen molar-refractivity contribution in [1.82, 2.24) is 10.6 Å². The zero-order valence-electron chi connectivity index (χ0n) is 17.8. The highest BCUT2D eigenvalue weighted by Gasteiger charge is 2.28. The molecular weight excluding hydrogens is 416 g/mol. The molecular formula is C27H20N2O4. The predicted molar refractivity (Wildman–Crippen MR) is 127 cm³/mol. The molecule has 0 saturated carbocycles. The lowest BCUT2D eigenvalue weighted by Gasteiger charge is -2.17. The van der Waals surface area contributed by atoms with Crippen molar-refractivity contribution >= 4 is 45.5 Å². The lowest BCUT2D eigenvalue weighted by Crippen LogP contribution is -2.51. The van der Waals surface area contributed by atoms with E-state index in [9.17, 15) is 14.4 Å². The third kappa shape index (κ3) is 3.83. The largest absolute Gasteiger partial charge is 0.488 e. The first-order valence-corrected chi connectivity index (χ1v) is 10.5. The summed E-state index contributed by atoms with van der Waals surface area (Å²) < 4.78 is 6.28. The second kappa shape index (κ2) is 8.24. The normalized spacial score (nSPS) is 13.7. The summed E-state index contributed by atoms with van der Waals surface area (Å²) in [5, 5.41) is 8.23. The highest BCUT2D eigenvalue weighted by Crippen LogP contribution is 2.32. The van der Waals surface area contributed by atoms with Crippen LogP contribution in [0.15, 0.2) is 78.4 Å². The van der Waals surface area contributed by atoms with E-state index >= 15 is 0 Å². The van der Waals surface area contributed by atoms with Gasteiger partial charge in [0.25, 0.3) is 11.8 Å². The van der Waals surface area contributed by atoms with Gasteiger partial charge in [0.1, 0.15) is 17.9 Å². The Bertz CT molecular complexity index is 1460. The molecule has 0 aliphatic carbocycles. The van der Waals surface area contributed by atoms with Crippen LogP contribution in [0.3, 0.4) is 0 Å². The number of hydrogen-bond donors (Lipinski definition) is 2. The van der Waals surface area contributed by atoms with Gasteiger partial charge in [-0.15, -0.1) is 0 Å². The first kappa shape index (κ1) is 20.5. The molecule has 33 heavy (non-hydrogen) atoms. The molecule has 1 fully saturated rings. The Hall–Kier alpha value is -4.45. The van der Waals surface area contributed by atoms with Gasteiger partial charge in [0, 0.05) is 11.1 Å². The molecule has 6 nitrogen and oxygen atoms in total. The van der Waals surface area contributed by atoms with E-state index in [4.69, 9.17) is 4.74 Å². The fourth-order valence-electron chi connectivity index (χ4n) is 4.09. The number of imide groups is 2. The minimum atomic E-state index is -0.831. The monoisotopic (exact) mass is 436 g/mol. The van der Waals surface area contributed by atoms with Crippen molar-refractivity contribution in [2.45, 2.75) is 13.5 Å². The molecule has 1 aliphatic rings. The second-order valence-corrected chi connectivity index (χ2v) is 7.86. The number of nitrogens with one attached hydrogen (secondary N) is 2. The van der Waals surface area contributed by atoms with Crippen LogP contribution in [0.2, 0.25) is 0 Å². The van der Waals surface area contributed by atoms with Crippen LogP contribution in [0.25, 0.3) is 27.6 Å². The maximum absolute atomic E-state index is 12.3. The third-order valence-corrected chi connectivity index (χ3v) is 5.81. The molecule has 4 aromatic carbocycles. The highest BCUT2D eigenvalue weighted by atomic mass is 16.5. The summed E-state index contributed by atoms with van der Waals surface area (Å²) in [6.07, 6.45) is 1.48. The SMILES string of the molecule is Cc1ccc2ccccc2c1COc1ccc2ccccc2c1C=C1C(=O)NC(=O)NC1=O. The van der Waals surface area contributed by atoms with E-state index in [1.807, 2.05) is 55.5 Å².